The van der Waals surface area contributed by atoms with Crippen molar-refractivity contribution in [2.45, 2.75) is 13.0 Å². The van der Waals surface area contributed by atoms with Crippen LogP contribution in [0.5, 0.6) is 0 Å². The normalized spacial score (nSPS) is 11.6. The Hall–Kier alpha value is -2.48. The van der Waals surface area contributed by atoms with E-state index in [1.165, 1.54) is 25.1 Å². The maximum atomic E-state index is 12.0. The van der Waals surface area contributed by atoms with Gasteiger partial charge in [0, 0.05) is 6.07 Å². The van der Waals surface area contributed by atoms with Crippen molar-refractivity contribution in [1.82, 2.24) is 5.32 Å². The molecule has 1 amide bonds. The SMILES string of the molecule is COC(=O)C(CO)NC(=O)c1c(C)cccc1[N+](=O)[O-]. The van der Waals surface area contributed by atoms with Crippen LogP contribution in [-0.4, -0.2) is 41.7 Å². The third-order valence-electron chi connectivity index (χ3n) is 2.65. The first-order valence-corrected chi connectivity index (χ1v) is 5.66. The van der Waals surface area contributed by atoms with Crippen LogP contribution in [0, 0.1) is 17.0 Å². The molecule has 0 bridgehead atoms. The molecule has 2 N–H and O–H groups in total. The van der Waals surface area contributed by atoms with E-state index < -0.39 is 29.4 Å². The summed E-state index contributed by atoms with van der Waals surface area (Å²) in [6, 6.07) is 2.91. The molecule has 0 radical (unpaired) electrons. The molecule has 8 nitrogen and oxygen atoms in total. The topological polar surface area (TPSA) is 119 Å². The third kappa shape index (κ3) is 3.29. The summed E-state index contributed by atoms with van der Waals surface area (Å²) >= 11 is 0. The summed E-state index contributed by atoms with van der Waals surface area (Å²) in [6.07, 6.45) is 0. The molecular weight excluding hydrogens is 268 g/mol. The third-order valence-corrected chi connectivity index (χ3v) is 2.65. The average molecular weight is 282 g/mol. The summed E-state index contributed by atoms with van der Waals surface area (Å²) in [6.45, 7) is 0.867. The predicted octanol–water partition coefficient (Wildman–Crippen LogP) is 0.167. The van der Waals surface area contributed by atoms with Crippen LogP contribution >= 0.6 is 0 Å². The molecular formula is C12H14N2O6. The molecule has 20 heavy (non-hydrogen) atoms. The Morgan fingerprint density at radius 2 is 2.15 bits per heavy atom. The van der Waals surface area contributed by atoms with Crippen molar-refractivity contribution in [3.8, 4) is 0 Å². The summed E-state index contributed by atoms with van der Waals surface area (Å²) in [7, 11) is 1.10. The maximum Gasteiger partial charge on any atom is 0.330 e. The highest BCUT2D eigenvalue weighted by Gasteiger charge is 2.27. The van der Waals surface area contributed by atoms with E-state index in [9.17, 15) is 19.7 Å². The van der Waals surface area contributed by atoms with E-state index in [0.29, 0.717) is 5.56 Å². The van der Waals surface area contributed by atoms with Gasteiger partial charge in [-0.3, -0.25) is 14.9 Å². The van der Waals surface area contributed by atoms with E-state index in [1.54, 1.807) is 0 Å². The number of amides is 1. The van der Waals surface area contributed by atoms with E-state index in [4.69, 9.17) is 5.11 Å². The molecule has 108 valence electrons. The second-order valence-corrected chi connectivity index (χ2v) is 3.96. The highest BCUT2D eigenvalue weighted by Crippen LogP contribution is 2.21. The van der Waals surface area contributed by atoms with Crippen molar-refractivity contribution >= 4 is 17.6 Å². The van der Waals surface area contributed by atoms with Gasteiger partial charge in [0.05, 0.1) is 18.6 Å². The summed E-state index contributed by atoms with van der Waals surface area (Å²) in [4.78, 5) is 33.6. The monoisotopic (exact) mass is 282 g/mol. The number of hydrogen-bond acceptors (Lipinski definition) is 6. The van der Waals surface area contributed by atoms with Crippen molar-refractivity contribution in [2.24, 2.45) is 0 Å². The second-order valence-electron chi connectivity index (χ2n) is 3.96. The minimum absolute atomic E-state index is 0.153. The van der Waals surface area contributed by atoms with Crippen LogP contribution in [-0.2, 0) is 9.53 Å². The van der Waals surface area contributed by atoms with Crippen LogP contribution in [0.3, 0.4) is 0 Å². The maximum absolute atomic E-state index is 12.0. The first-order chi connectivity index (χ1) is 9.42. The number of nitro groups is 1. The largest absolute Gasteiger partial charge is 0.467 e. The van der Waals surface area contributed by atoms with Crippen LogP contribution in [0.25, 0.3) is 0 Å². The lowest BCUT2D eigenvalue weighted by Crippen LogP contribution is -2.44. The fourth-order valence-corrected chi connectivity index (χ4v) is 1.65. The van der Waals surface area contributed by atoms with Gasteiger partial charge in [-0.25, -0.2) is 4.79 Å². The van der Waals surface area contributed by atoms with Crippen molar-refractivity contribution in [3.63, 3.8) is 0 Å². The smallest absolute Gasteiger partial charge is 0.330 e. The zero-order valence-corrected chi connectivity index (χ0v) is 11.0. The summed E-state index contributed by atoms with van der Waals surface area (Å²) in [5.41, 5.74) is -0.137. The molecule has 0 aliphatic carbocycles. The Kier molecular flexibility index (Phi) is 5.15. The number of nitro benzene ring substituents is 1. The van der Waals surface area contributed by atoms with Crippen molar-refractivity contribution in [1.29, 1.82) is 0 Å². The zero-order chi connectivity index (χ0) is 15.3. The van der Waals surface area contributed by atoms with Crippen LogP contribution in [0.4, 0.5) is 5.69 Å². The molecule has 0 saturated heterocycles. The van der Waals surface area contributed by atoms with Crippen LogP contribution < -0.4 is 5.32 Å². The Morgan fingerprint density at radius 3 is 2.65 bits per heavy atom. The first kappa shape index (κ1) is 15.6. The van der Waals surface area contributed by atoms with Gasteiger partial charge in [-0.1, -0.05) is 12.1 Å². The van der Waals surface area contributed by atoms with Gasteiger partial charge in [0.15, 0.2) is 6.04 Å². The number of esters is 1. The molecule has 1 aromatic carbocycles. The number of aryl methyl sites for hydroxylation is 1. The summed E-state index contributed by atoms with van der Waals surface area (Å²) < 4.78 is 4.40. The van der Waals surface area contributed by atoms with Gasteiger partial charge < -0.3 is 15.2 Å². The van der Waals surface area contributed by atoms with Crippen LogP contribution in [0.15, 0.2) is 18.2 Å². The summed E-state index contributed by atoms with van der Waals surface area (Å²) in [5.74, 6) is -1.66. The molecule has 0 aliphatic rings. The van der Waals surface area contributed by atoms with Crippen molar-refractivity contribution < 1.29 is 24.4 Å². The van der Waals surface area contributed by atoms with E-state index in [-0.39, 0.29) is 11.3 Å². The highest BCUT2D eigenvalue weighted by molar-refractivity contribution is 6.01. The van der Waals surface area contributed by atoms with Gasteiger partial charge in [0.25, 0.3) is 11.6 Å². The standard InChI is InChI=1S/C12H14N2O6/c1-7-4-3-5-9(14(18)19)10(7)11(16)13-8(6-15)12(17)20-2/h3-5,8,15H,6H2,1-2H3,(H,13,16). The minimum atomic E-state index is -1.27. The van der Waals surface area contributed by atoms with E-state index in [1.807, 2.05) is 0 Å². The second kappa shape index (κ2) is 6.62. The van der Waals surface area contributed by atoms with E-state index >= 15 is 0 Å². The lowest BCUT2D eigenvalue weighted by atomic mass is 10.1. The zero-order valence-electron chi connectivity index (χ0n) is 11.0. The molecule has 0 spiro atoms. The molecule has 0 aromatic heterocycles. The lowest BCUT2D eigenvalue weighted by Gasteiger charge is -2.14. The van der Waals surface area contributed by atoms with Gasteiger partial charge in [-0.05, 0) is 12.5 Å². The lowest BCUT2D eigenvalue weighted by molar-refractivity contribution is -0.385. The number of aliphatic hydroxyl groups excluding tert-OH is 1. The number of carbonyl (C=O) groups excluding carboxylic acids is 2. The van der Waals surface area contributed by atoms with Gasteiger partial charge in [-0.15, -0.1) is 0 Å². The molecule has 0 saturated carbocycles. The minimum Gasteiger partial charge on any atom is -0.467 e. The quantitative estimate of drug-likeness (QED) is 0.451. The fraction of sp³-hybridized carbons (Fsp3) is 0.333. The number of nitrogens with one attached hydrogen (secondary N) is 1. The summed E-state index contributed by atoms with van der Waals surface area (Å²) in [5, 5.41) is 22.1. The van der Waals surface area contributed by atoms with Gasteiger partial charge in [0.1, 0.15) is 5.56 Å². The molecule has 1 rings (SSSR count). The van der Waals surface area contributed by atoms with Gasteiger partial charge in [0.2, 0.25) is 0 Å². The number of carbonyl (C=O) groups is 2. The Morgan fingerprint density at radius 1 is 1.50 bits per heavy atom. The number of benzene rings is 1. The first-order valence-electron chi connectivity index (χ1n) is 5.66. The van der Waals surface area contributed by atoms with Crippen molar-refractivity contribution in [2.75, 3.05) is 13.7 Å². The van der Waals surface area contributed by atoms with E-state index in [2.05, 4.69) is 10.1 Å². The number of hydrogen-bond donors (Lipinski definition) is 2. The molecule has 1 unspecified atom stereocenters. The number of methoxy groups -OCH3 is 1. The predicted molar refractivity (Wildman–Crippen MR) is 68.2 cm³/mol. The van der Waals surface area contributed by atoms with Gasteiger partial charge >= 0.3 is 5.97 Å². The number of rotatable bonds is 5. The van der Waals surface area contributed by atoms with Crippen LogP contribution in [0.2, 0.25) is 0 Å². The van der Waals surface area contributed by atoms with Gasteiger partial charge in [-0.2, -0.15) is 0 Å². The van der Waals surface area contributed by atoms with E-state index in [0.717, 1.165) is 7.11 Å². The molecule has 8 heteroatoms. The molecule has 0 aliphatic heterocycles. The molecule has 0 fully saturated rings. The van der Waals surface area contributed by atoms with Crippen LogP contribution in [0.1, 0.15) is 15.9 Å². The number of ether oxygens (including phenoxy) is 1. The molecule has 0 heterocycles. The Labute approximate surface area is 114 Å². The number of nitrogens with zero attached hydrogens (tertiary/aromatic N) is 1. The highest BCUT2D eigenvalue weighted by atomic mass is 16.6. The Bertz CT molecular complexity index is 543. The number of aliphatic hydroxyl groups is 1. The van der Waals surface area contributed by atoms with Crippen molar-refractivity contribution in [3.05, 3.63) is 39.4 Å². The fourth-order valence-electron chi connectivity index (χ4n) is 1.65. The molecule has 1 aromatic rings. The molecule has 1 atom stereocenters. The average Bonchev–Trinajstić information content (AvgIpc) is 2.43. The Balaban J connectivity index is 3.09.